The normalized spacial score (nSPS) is 17.4. The number of halogens is 1. The molecule has 1 saturated carbocycles. The Morgan fingerprint density at radius 2 is 1.63 bits per heavy atom. The van der Waals surface area contributed by atoms with Gasteiger partial charge in [-0.25, -0.2) is 12.8 Å². The van der Waals surface area contributed by atoms with Crippen molar-refractivity contribution in [3.8, 4) is 11.5 Å². The summed E-state index contributed by atoms with van der Waals surface area (Å²) in [5.74, 6) is 0.872. The molecular formula is C20H22FNO4S. The van der Waals surface area contributed by atoms with Gasteiger partial charge in [0, 0.05) is 12.6 Å². The fourth-order valence-electron chi connectivity index (χ4n) is 3.71. The minimum atomic E-state index is -3.73. The highest BCUT2D eigenvalue weighted by Crippen LogP contribution is 2.34. The zero-order valence-corrected chi connectivity index (χ0v) is 15.8. The molecule has 27 heavy (non-hydrogen) atoms. The van der Waals surface area contributed by atoms with E-state index in [-0.39, 0.29) is 17.5 Å². The van der Waals surface area contributed by atoms with Crippen molar-refractivity contribution in [3.05, 3.63) is 53.8 Å². The molecule has 2 aromatic rings. The van der Waals surface area contributed by atoms with Gasteiger partial charge in [0.05, 0.1) is 4.90 Å². The molecule has 0 atom stereocenters. The Morgan fingerprint density at radius 1 is 0.963 bits per heavy atom. The van der Waals surface area contributed by atoms with Gasteiger partial charge in [0.25, 0.3) is 0 Å². The van der Waals surface area contributed by atoms with Gasteiger partial charge in [0.15, 0.2) is 11.5 Å². The summed E-state index contributed by atoms with van der Waals surface area (Å²) in [6.07, 6.45) is 3.71. The molecule has 0 radical (unpaired) electrons. The molecule has 0 aromatic heterocycles. The summed E-state index contributed by atoms with van der Waals surface area (Å²) in [4.78, 5) is 0.119. The highest BCUT2D eigenvalue weighted by molar-refractivity contribution is 7.89. The van der Waals surface area contributed by atoms with Crippen LogP contribution >= 0.6 is 0 Å². The standard InChI is InChI=1S/C20H22FNO4S/c21-16-6-8-18(9-7-16)27(23,24)22(17-3-1-2-4-17)14-15-5-10-19-20(13-15)26-12-11-25-19/h5-10,13,17H,1-4,11-12,14H2. The van der Waals surface area contributed by atoms with Crippen molar-refractivity contribution in [3.63, 3.8) is 0 Å². The maximum Gasteiger partial charge on any atom is 0.243 e. The molecule has 0 amide bonds. The third kappa shape index (κ3) is 3.80. The van der Waals surface area contributed by atoms with Gasteiger partial charge in [-0.15, -0.1) is 0 Å². The zero-order chi connectivity index (χ0) is 18.9. The van der Waals surface area contributed by atoms with E-state index in [1.54, 1.807) is 4.31 Å². The van der Waals surface area contributed by atoms with Crippen LogP contribution in [0, 0.1) is 5.82 Å². The average molecular weight is 391 g/mol. The third-order valence-electron chi connectivity index (χ3n) is 5.10. The van der Waals surface area contributed by atoms with E-state index < -0.39 is 15.8 Å². The molecule has 1 heterocycles. The topological polar surface area (TPSA) is 55.8 Å². The molecule has 2 aromatic carbocycles. The van der Waals surface area contributed by atoms with Gasteiger partial charge in [-0.3, -0.25) is 0 Å². The van der Waals surface area contributed by atoms with Gasteiger partial charge in [0.1, 0.15) is 19.0 Å². The number of nitrogens with zero attached hydrogens (tertiary/aromatic N) is 1. The second-order valence-electron chi connectivity index (χ2n) is 6.92. The van der Waals surface area contributed by atoms with Gasteiger partial charge in [0.2, 0.25) is 10.0 Å². The number of benzene rings is 2. The number of sulfonamides is 1. The Balaban J connectivity index is 1.66. The van der Waals surface area contributed by atoms with E-state index in [1.807, 2.05) is 18.2 Å². The monoisotopic (exact) mass is 391 g/mol. The summed E-state index contributed by atoms with van der Waals surface area (Å²) < 4.78 is 52.5. The lowest BCUT2D eigenvalue weighted by molar-refractivity contribution is 0.171. The Kier molecular flexibility index (Phi) is 5.06. The van der Waals surface area contributed by atoms with Crippen LogP contribution in [0.3, 0.4) is 0 Å². The lowest BCUT2D eigenvalue weighted by Crippen LogP contribution is -2.38. The molecule has 4 rings (SSSR count). The number of rotatable bonds is 5. The van der Waals surface area contributed by atoms with E-state index in [0.29, 0.717) is 24.7 Å². The molecule has 0 unspecified atom stereocenters. The third-order valence-corrected chi connectivity index (χ3v) is 7.01. The predicted octanol–water partition coefficient (Wildman–Crippen LogP) is 3.73. The van der Waals surface area contributed by atoms with Gasteiger partial charge in [-0.05, 0) is 54.8 Å². The molecule has 7 heteroatoms. The molecule has 0 spiro atoms. The molecule has 2 aliphatic rings. The molecular weight excluding hydrogens is 369 g/mol. The van der Waals surface area contributed by atoms with Crippen LogP contribution in [0.4, 0.5) is 4.39 Å². The largest absolute Gasteiger partial charge is 0.486 e. The summed E-state index contributed by atoms with van der Waals surface area (Å²) in [6.45, 7) is 1.25. The molecule has 1 fully saturated rings. The van der Waals surface area contributed by atoms with Gasteiger partial charge in [-0.2, -0.15) is 4.31 Å². The first-order valence-corrected chi connectivity index (χ1v) is 10.6. The maximum atomic E-state index is 13.3. The Bertz CT molecular complexity index is 908. The van der Waals surface area contributed by atoms with Crippen LogP contribution in [0.1, 0.15) is 31.2 Å². The highest BCUT2D eigenvalue weighted by atomic mass is 32.2. The molecule has 1 aliphatic heterocycles. The Morgan fingerprint density at radius 3 is 2.33 bits per heavy atom. The van der Waals surface area contributed by atoms with Gasteiger partial charge >= 0.3 is 0 Å². The zero-order valence-electron chi connectivity index (χ0n) is 14.9. The van der Waals surface area contributed by atoms with Gasteiger partial charge < -0.3 is 9.47 Å². The smallest absolute Gasteiger partial charge is 0.243 e. The molecule has 0 saturated heterocycles. The Labute approximate surface area is 158 Å². The number of hydrogen-bond donors (Lipinski definition) is 0. The van der Waals surface area contributed by atoms with Crippen molar-refractivity contribution in [2.45, 2.75) is 43.2 Å². The molecule has 0 N–H and O–H groups in total. The first-order valence-electron chi connectivity index (χ1n) is 9.20. The minimum Gasteiger partial charge on any atom is -0.486 e. The first kappa shape index (κ1) is 18.3. The Hall–Kier alpha value is -2.12. The van der Waals surface area contributed by atoms with E-state index in [1.165, 1.54) is 24.3 Å². The van der Waals surface area contributed by atoms with Crippen LogP contribution in [0.2, 0.25) is 0 Å². The lowest BCUT2D eigenvalue weighted by atomic mass is 10.1. The number of ether oxygens (including phenoxy) is 2. The maximum absolute atomic E-state index is 13.3. The van der Waals surface area contributed by atoms with Crippen molar-refractivity contribution in [2.24, 2.45) is 0 Å². The second-order valence-corrected chi connectivity index (χ2v) is 8.81. The summed E-state index contributed by atoms with van der Waals surface area (Å²) in [5.41, 5.74) is 0.844. The molecule has 144 valence electrons. The number of hydrogen-bond acceptors (Lipinski definition) is 4. The molecule has 0 bridgehead atoms. The predicted molar refractivity (Wildman–Crippen MR) is 98.8 cm³/mol. The van der Waals surface area contributed by atoms with Crippen molar-refractivity contribution in [1.29, 1.82) is 0 Å². The van der Waals surface area contributed by atoms with Crippen LogP contribution in [-0.2, 0) is 16.6 Å². The molecule has 1 aliphatic carbocycles. The second kappa shape index (κ2) is 7.48. The fraction of sp³-hybridized carbons (Fsp3) is 0.400. The van der Waals surface area contributed by atoms with E-state index >= 15 is 0 Å². The summed E-state index contributed by atoms with van der Waals surface area (Å²) in [7, 11) is -3.73. The van der Waals surface area contributed by atoms with Crippen LogP contribution in [0.25, 0.3) is 0 Å². The van der Waals surface area contributed by atoms with Crippen LogP contribution in [0.15, 0.2) is 47.4 Å². The minimum absolute atomic E-state index is 0.0479. The van der Waals surface area contributed by atoms with Crippen molar-refractivity contribution >= 4 is 10.0 Å². The fourth-order valence-corrected chi connectivity index (χ4v) is 5.38. The van der Waals surface area contributed by atoms with Gasteiger partial charge in [-0.1, -0.05) is 18.9 Å². The summed E-state index contributed by atoms with van der Waals surface area (Å²) in [6, 6.07) is 10.5. The first-order chi connectivity index (χ1) is 13.0. The number of fused-ring (bicyclic) bond motifs is 1. The van der Waals surface area contributed by atoms with E-state index in [0.717, 1.165) is 31.2 Å². The summed E-state index contributed by atoms with van der Waals surface area (Å²) in [5, 5.41) is 0. The lowest BCUT2D eigenvalue weighted by Gasteiger charge is -2.29. The van der Waals surface area contributed by atoms with Crippen molar-refractivity contribution in [2.75, 3.05) is 13.2 Å². The van der Waals surface area contributed by atoms with E-state index in [2.05, 4.69) is 0 Å². The van der Waals surface area contributed by atoms with Crippen molar-refractivity contribution in [1.82, 2.24) is 4.31 Å². The average Bonchev–Trinajstić information content (AvgIpc) is 3.20. The van der Waals surface area contributed by atoms with Crippen molar-refractivity contribution < 1.29 is 22.3 Å². The quantitative estimate of drug-likeness (QED) is 0.779. The molecule has 5 nitrogen and oxygen atoms in total. The van der Waals surface area contributed by atoms with E-state index in [9.17, 15) is 12.8 Å². The van der Waals surface area contributed by atoms with Crippen LogP contribution in [-0.4, -0.2) is 32.0 Å². The summed E-state index contributed by atoms with van der Waals surface area (Å²) >= 11 is 0. The van der Waals surface area contributed by atoms with Crippen LogP contribution < -0.4 is 9.47 Å². The SMILES string of the molecule is O=S(=O)(c1ccc(F)cc1)N(Cc1ccc2c(c1)OCCO2)C1CCCC1. The highest BCUT2D eigenvalue weighted by Gasteiger charge is 2.33. The van der Waals surface area contributed by atoms with Crippen LogP contribution in [0.5, 0.6) is 11.5 Å². The van der Waals surface area contributed by atoms with E-state index in [4.69, 9.17) is 9.47 Å².